The third-order valence-electron chi connectivity index (χ3n) is 1.14. The fourth-order valence-electron chi connectivity index (χ4n) is 0.688. The van der Waals surface area contributed by atoms with E-state index in [2.05, 4.69) is 30.0 Å². The molecule has 1 nitrogen and oxygen atoms in total. The lowest BCUT2D eigenvalue weighted by atomic mass is 10.5. The second-order valence-electron chi connectivity index (χ2n) is 1.63. The Morgan fingerprint density at radius 1 is 1.71 bits per heavy atom. The molecule has 38 valence electrons. The lowest BCUT2D eigenvalue weighted by Gasteiger charge is -1.80. The van der Waals surface area contributed by atoms with E-state index in [9.17, 15) is 0 Å². The molecule has 1 aliphatic rings. The molecule has 0 saturated carbocycles. The van der Waals surface area contributed by atoms with E-state index in [1.54, 1.807) is 0 Å². The van der Waals surface area contributed by atoms with Crippen LogP contribution in [0.5, 0.6) is 0 Å². The third-order valence-corrected chi connectivity index (χ3v) is 1.14. The quantitative estimate of drug-likeness (QED) is 0.428. The fourth-order valence-corrected chi connectivity index (χ4v) is 0.688. The SMILES string of the molecule is CC[N+]1=CCC=C1. The van der Waals surface area contributed by atoms with Crippen molar-refractivity contribution in [3.63, 3.8) is 0 Å². The molecular formula is C6H10N+. The number of hydrogen-bond donors (Lipinski definition) is 0. The van der Waals surface area contributed by atoms with Crippen molar-refractivity contribution in [2.24, 2.45) is 0 Å². The minimum Gasteiger partial charge on any atom is -0.209 e. The van der Waals surface area contributed by atoms with Crippen LogP contribution in [0.15, 0.2) is 12.3 Å². The van der Waals surface area contributed by atoms with Crippen LogP contribution in [0.3, 0.4) is 0 Å². The highest BCUT2D eigenvalue weighted by Gasteiger charge is 1.97. The fraction of sp³-hybridized carbons (Fsp3) is 0.500. The minimum atomic E-state index is 1.11. The Hall–Kier alpha value is -0.590. The van der Waals surface area contributed by atoms with E-state index in [1.165, 1.54) is 0 Å². The van der Waals surface area contributed by atoms with Crippen molar-refractivity contribution in [1.82, 2.24) is 0 Å². The van der Waals surface area contributed by atoms with Gasteiger partial charge < -0.3 is 0 Å². The Morgan fingerprint density at radius 2 is 2.57 bits per heavy atom. The number of allylic oxidation sites excluding steroid dienone is 1. The second kappa shape index (κ2) is 1.92. The van der Waals surface area contributed by atoms with Gasteiger partial charge in [-0.3, -0.25) is 0 Å². The van der Waals surface area contributed by atoms with Gasteiger partial charge in [0.1, 0.15) is 12.8 Å². The maximum Gasteiger partial charge on any atom is 0.164 e. The second-order valence-corrected chi connectivity index (χ2v) is 1.63. The molecule has 0 aromatic rings. The average Bonchev–Trinajstić information content (AvgIpc) is 2.14. The highest BCUT2D eigenvalue weighted by atomic mass is 15.0. The summed E-state index contributed by atoms with van der Waals surface area (Å²) in [5.74, 6) is 0. The van der Waals surface area contributed by atoms with Crippen molar-refractivity contribution >= 4 is 6.21 Å². The number of hydrogen-bond acceptors (Lipinski definition) is 0. The van der Waals surface area contributed by atoms with E-state index < -0.39 is 0 Å². The Bertz CT molecular complexity index is 111. The Morgan fingerprint density at radius 3 is 2.86 bits per heavy atom. The van der Waals surface area contributed by atoms with Gasteiger partial charge in [-0.2, -0.15) is 0 Å². The van der Waals surface area contributed by atoms with Crippen molar-refractivity contribution in [2.75, 3.05) is 6.54 Å². The zero-order valence-corrected chi connectivity index (χ0v) is 4.59. The monoisotopic (exact) mass is 96.1 g/mol. The minimum absolute atomic E-state index is 1.11. The summed E-state index contributed by atoms with van der Waals surface area (Å²) in [5.41, 5.74) is 0. The summed E-state index contributed by atoms with van der Waals surface area (Å²) >= 11 is 0. The van der Waals surface area contributed by atoms with E-state index in [1.807, 2.05) is 0 Å². The Balaban J connectivity index is 2.52. The summed E-state index contributed by atoms with van der Waals surface area (Å²) in [6.07, 6.45) is 7.57. The highest BCUT2D eigenvalue weighted by molar-refractivity contribution is 5.55. The lowest BCUT2D eigenvalue weighted by molar-refractivity contribution is -0.444. The maximum atomic E-state index is 2.18. The smallest absolute Gasteiger partial charge is 0.164 e. The Kier molecular flexibility index (Phi) is 1.25. The lowest BCUT2D eigenvalue weighted by Crippen LogP contribution is -1.98. The molecule has 0 N–H and O–H groups in total. The van der Waals surface area contributed by atoms with Crippen molar-refractivity contribution in [2.45, 2.75) is 13.3 Å². The van der Waals surface area contributed by atoms with Gasteiger partial charge in [0.15, 0.2) is 6.20 Å². The van der Waals surface area contributed by atoms with Gasteiger partial charge in [0.2, 0.25) is 0 Å². The van der Waals surface area contributed by atoms with Gasteiger partial charge in [-0.15, -0.1) is 0 Å². The summed E-state index contributed by atoms with van der Waals surface area (Å²) in [5, 5.41) is 0. The zero-order chi connectivity index (χ0) is 5.11. The molecule has 0 unspecified atom stereocenters. The molecule has 0 amide bonds. The first kappa shape index (κ1) is 4.57. The van der Waals surface area contributed by atoms with Gasteiger partial charge in [-0.25, -0.2) is 4.58 Å². The van der Waals surface area contributed by atoms with E-state index >= 15 is 0 Å². The van der Waals surface area contributed by atoms with Gasteiger partial charge in [-0.1, -0.05) is 0 Å². The van der Waals surface area contributed by atoms with E-state index in [4.69, 9.17) is 0 Å². The molecule has 0 atom stereocenters. The summed E-state index contributed by atoms with van der Waals surface area (Å²) in [7, 11) is 0. The molecule has 0 bridgehead atoms. The molecule has 1 heteroatoms. The first-order valence-corrected chi connectivity index (χ1v) is 2.69. The molecule has 1 heterocycles. The maximum absolute atomic E-state index is 2.18. The van der Waals surface area contributed by atoms with Gasteiger partial charge >= 0.3 is 0 Å². The van der Waals surface area contributed by atoms with Crippen LogP contribution in [0.1, 0.15) is 13.3 Å². The Labute approximate surface area is 44.0 Å². The predicted molar refractivity (Wildman–Crippen MR) is 30.6 cm³/mol. The predicted octanol–water partition coefficient (Wildman–Crippen LogP) is 1.01. The molecular weight excluding hydrogens is 86.1 g/mol. The third kappa shape index (κ3) is 0.889. The standard InChI is InChI=1S/C6H10N/c1-2-7-5-3-4-6-7/h3,5-6H,2,4H2,1H3/q+1. The molecule has 0 aromatic heterocycles. The van der Waals surface area contributed by atoms with Crippen molar-refractivity contribution < 1.29 is 4.58 Å². The van der Waals surface area contributed by atoms with Crippen LogP contribution in [0, 0.1) is 0 Å². The topological polar surface area (TPSA) is 3.01 Å². The van der Waals surface area contributed by atoms with Crippen LogP contribution < -0.4 is 0 Å². The van der Waals surface area contributed by atoms with Crippen molar-refractivity contribution in [3.8, 4) is 0 Å². The van der Waals surface area contributed by atoms with Gasteiger partial charge in [-0.05, 0) is 13.0 Å². The summed E-state index contributed by atoms with van der Waals surface area (Å²) < 4.78 is 2.18. The van der Waals surface area contributed by atoms with Gasteiger partial charge in [0.25, 0.3) is 0 Å². The highest BCUT2D eigenvalue weighted by Crippen LogP contribution is 1.89. The molecule has 1 aliphatic heterocycles. The van der Waals surface area contributed by atoms with Crippen LogP contribution in [-0.2, 0) is 0 Å². The van der Waals surface area contributed by atoms with Gasteiger partial charge in [0.05, 0.1) is 0 Å². The zero-order valence-electron chi connectivity index (χ0n) is 4.59. The number of rotatable bonds is 1. The van der Waals surface area contributed by atoms with E-state index in [-0.39, 0.29) is 0 Å². The van der Waals surface area contributed by atoms with Crippen LogP contribution in [-0.4, -0.2) is 17.3 Å². The molecule has 0 aromatic carbocycles. The molecule has 0 spiro atoms. The van der Waals surface area contributed by atoms with Crippen LogP contribution in [0.2, 0.25) is 0 Å². The summed E-state index contributed by atoms with van der Waals surface area (Å²) in [6, 6.07) is 0. The van der Waals surface area contributed by atoms with Gasteiger partial charge in [0, 0.05) is 6.42 Å². The first-order chi connectivity index (χ1) is 3.43. The van der Waals surface area contributed by atoms with E-state index in [0.29, 0.717) is 0 Å². The number of nitrogens with zero attached hydrogens (tertiary/aromatic N) is 1. The first-order valence-electron chi connectivity index (χ1n) is 2.69. The molecule has 1 rings (SSSR count). The average molecular weight is 96.2 g/mol. The molecule has 0 saturated heterocycles. The van der Waals surface area contributed by atoms with Crippen molar-refractivity contribution in [1.29, 1.82) is 0 Å². The van der Waals surface area contributed by atoms with E-state index in [0.717, 1.165) is 13.0 Å². The van der Waals surface area contributed by atoms with Crippen LogP contribution >= 0.6 is 0 Å². The summed E-state index contributed by atoms with van der Waals surface area (Å²) in [6.45, 7) is 3.25. The van der Waals surface area contributed by atoms with Crippen LogP contribution in [0.25, 0.3) is 0 Å². The molecule has 0 fully saturated rings. The molecule has 0 aliphatic carbocycles. The van der Waals surface area contributed by atoms with Crippen molar-refractivity contribution in [3.05, 3.63) is 12.3 Å². The molecule has 7 heavy (non-hydrogen) atoms. The normalized spacial score (nSPS) is 17.6. The van der Waals surface area contributed by atoms with Crippen LogP contribution in [0.4, 0.5) is 0 Å². The largest absolute Gasteiger partial charge is 0.209 e. The molecule has 0 radical (unpaired) electrons. The summed E-state index contributed by atoms with van der Waals surface area (Å²) in [4.78, 5) is 0.